The predicted octanol–water partition coefficient (Wildman–Crippen LogP) is 5.18. The van der Waals surface area contributed by atoms with Gasteiger partial charge in [-0.1, -0.05) is 6.08 Å². The van der Waals surface area contributed by atoms with Gasteiger partial charge in [0.2, 0.25) is 5.88 Å². The van der Waals surface area contributed by atoms with Crippen LogP contribution in [-0.4, -0.2) is 34.7 Å². The van der Waals surface area contributed by atoms with Crippen LogP contribution >= 0.6 is 0 Å². The van der Waals surface area contributed by atoms with Gasteiger partial charge in [0.15, 0.2) is 11.6 Å². The van der Waals surface area contributed by atoms with Gasteiger partial charge in [-0.3, -0.25) is 0 Å². The van der Waals surface area contributed by atoms with Gasteiger partial charge in [0.1, 0.15) is 11.4 Å². The number of aromatic nitrogens is 1. The van der Waals surface area contributed by atoms with Crippen molar-refractivity contribution in [3.05, 3.63) is 59.8 Å². The highest BCUT2D eigenvalue weighted by molar-refractivity contribution is 5.74. The van der Waals surface area contributed by atoms with Crippen molar-refractivity contribution in [2.24, 2.45) is 0 Å². The van der Waals surface area contributed by atoms with Crippen LogP contribution in [0.15, 0.2) is 42.6 Å². The largest absolute Gasteiger partial charge is 0.444 e. The number of carbonyl (C=O) groups is 1. The summed E-state index contributed by atoms with van der Waals surface area (Å²) in [6, 6.07) is 6.55. The van der Waals surface area contributed by atoms with E-state index in [-0.39, 0.29) is 17.7 Å². The van der Waals surface area contributed by atoms with Gasteiger partial charge < -0.3 is 14.4 Å². The van der Waals surface area contributed by atoms with Crippen molar-refractivity contribution in [3.8, 4) is 11.6 Å². The van der Waals surface area contributed by atoms with Gasteiger partial charge in [0.25, 0.3) is 0 Å². The molecule has 0 atom stereocenters. The molecule has 0 aliphatic carbocycles. The van der Waals surface area contributed by atoms with E-state index < -0.39 is 17.2 Å². The predicted molar refractivity (Wildman–Crippen MR) is 101 cm³/mol. The third-order valence-corrected chi connectivity index (χ3v) is 4.08. The Labute approximate surface area is 162 Å². The standard InChI is InChI=1S/C21H22F2N2O3/c1-21(2,3)28-20(26)25-11-8-14(9-12-25)16-5-4-10-24-19(16)27-18-13-15(22)6-7-17(18)23/h4-8,10,13H,9,11-12H2,1-3H3. The fraction of sp³-hybridized carbons (Fsp3) is 0.333. The third kappa shape index (κ3) is 4.85. The molecule has 0 N–H and O–H groups in total. The summed E-state index contributed by atoms with van der Waals surface area (Å²) >= 11 is 0. The van der Waals surface area contributed by atoms with Crippen LogP contribution in [0.1, 0.15) is 32.8 Å². The molecule has 148 valence electrons. The molecular formula is C21H22F2N2O3. The number of amides is 1. The molecule has 0 unspecified atom stereocenters. The average Bonchev–Trinajstić information content (AvgIpc) is 2.64. The Morgan fingerprint density at radius 1 is 1.21 bits per heavy atom. The summed E-state index contributed by atoms with van der Waals surface area (Å²) in [6.45, 7) is 6.32. The minimum absolute atomic E-state index is 0.184. The van der Waals surface area contributed by atoms with Crippen LogP contribution in [0, 0.1) is 11.6 Å². The number of carbonyl (C=O) groups excluding carboxylic acids is 1. The Balaban J connectivity index is 1.78. The molecule has 1 aromatic heterocycles. The Morgan fingerprint density at radius 2 is 2.00 bits per heavy atom. The highest BCUT2D eigenvalue weighted by atomic mass is 19.1. The van der Waals surface area contributed by atoms with Crippen molar-refractivity contribution >= 4 is 11.7 Å². The second-order valence-corrected chi connectivity index (χ2v) is 7.44. The van der Waals surface area contributed by atoms with Crippen LogP contribution in [0.25, 0.3) is 5.57 Å². The lowest BCUT2D eigenvalue weighted by molar-refractivity contribution is 0.0270. The number of benzene rings is 1. The van der Waals surface area contributed by atoms with Crippen molar-refractivity contribution < 1.29 is 23.0 Å². The topological polar surface area (TPSA) is 51.7 Å². The Morgan fingerprint density at radius 3 is 2.68 bits per heavy atom. The monoisotopic (exact) mass is 388 g/mol. The maximum absolute atomic E-state index is 13.9. The zero-order valence-electron chi connectivity index (χ0n) is 16.0. The van der Waals surface area contributed by atoms with Crippen LogP contribution in [0.2, 0.25) is 0 Å². The highest BCUT2D eigenvalue weighted by Gasteiger charge is 2.25. The van der Waals surface area contributed by atoms with Crippen molar-refractivity contribution in [1.29, 1.82) is 0 Å². The van der Waals surface area contributed by atoms with Gasteiger partial charge in [0.05, 0.1) is 0 Å². The highest BCUT2D eigenvalue weighted by Crippen LogP contribution is 2.33. The summed E-state index contributed by atoms with van der Waals surface area (Å²) in [5.41, 5.74) is 1.04. The zero-order valence-corrected chi connectivity index (χ0v) is 16.0. The van der Waals surface area contributed by atoms with Crippen molar-refractivity contribution in [1.82, 2.24) is 9.88 Å². The lowest BCUT2D eigenvalue weighted by atomic mass is 10.0. The van der Waals surface area contributed by atoms with E-state index in [1.807, 2.05) is 26.8 Å². The van der Waals surface area contributed by atoms with Crippen LogP contribution in [0.5, 0.6) is 11.6 Å². The number of halogens is 2. The van der Waals surface area contributed by atoms with Gasteiger partial charge in [0, 0.05) is 30.9 Å². The summed E-state index contributed by atoms with van der Waals surface area (Å²) < 4.78 is 38.3. The number of pyridine rings is 1. The molecule has 0 fully saturated rings. The summed E-state index contributed by atoms with van der Waals surface area (Å²) in [5, 5.41) is 0. The molecule has 0 saturated carbocycles. The van der Waals surface area contributed by atoms with Crippen LogP contribution < -0.4 is 4.74 Å². The molecule has 2 heterocycles. The average molecular weight is 388 g/mol. The van der Waals surface area contributed by atoms with E-state index in [9.17, 15) is 13.6 Å². The van der Waals surface area contributed by atoms with E-state index in [0.717, 1.165) is 23.8 Å². The lowest BCUT2D eigenvalue weighted by Gasteiger charge is -2.29. The smallest absolute Gasteiger partial charge is 0.410 e. The molecule has 0 bridgehead atoms. The van der Waals surface area contributed by atoms with E-state index in [4.69, 9.17) is 9.47 Å². The lowest BCUT2D eigenvalue weighted by Crippen LogP contribution is -2.39. The molecule has 0 spiro atoms. The molecule has 1 amide bonds. The van der Waals surface area contributed by atoms with Gasteiger partial charge in [-0.25, -0.2) is 18.6 Å². The first kappa shape index (κ1) is 19.8. The van der Waals surface area contributed by atoms with Gasteiger partial charge in [-0.05, 0) is 57.0 Å². The first-order valence-electron chi connectivity index (χ1n) is 8.98. The van der Waals surface area contributed by atoms with Crippen LogP contribution in [0.3, 0.4) is 0 Å². The second kappa shape index (κ2) is 7.96. The van der Waals surface area contributed by atoms with Crippen molar-refractivity contribution in [3.63, 3.8) is 0 Å². The first-order valence-corrected chi connectivity index (χ1v) is 8.98. The Bertz CT molecular complexity index is 907. The molecule has 5 nitrogen and oxygen atoms in total. The Kier molecular flexibility index (Phi) is 5.63. The fourth-order valence-electron chi connectivity index (χ4n) is 2.78. The number of ether oxygens (including phenoxy) is 2. The molecule has 7 heteroatoms. The van der Waals surface area contributed by atoms with E-state index in [0.29, 0.717) is 25.1 Å². The van der Waals surface area contributed by atoms with Crippen molar-refractivity contribution in [2.75, 3.05) is 13.1 Å². The second-order valence-electron chi connectivity index (χ2n) is 7.44. The van der Waals surface area contributed by atoms with Gasteiger partial charge in [-0.2, -0.15) is 0 Å². The first-order chi connectivity index (χ1) is 13.2. The SMILES string of the molecule is CC(C)(C)OC(=O)N1CC=C(c2cccnc2Oc2cc(F)ccc2F)CC1. The van der Waals surface area contributed by atoms with E-state index in [1.54, 1.807) is 17.0 Å². The molecule has 1 aliphatic heterocycles. The summed E-state index contributed by atoms with van der Waals surface area (Å²) in [5.74, 6) is -1.32. The zero-order chi connectivity index (χ0) is 20.3. The van der Waals surface area contributed by atoms with Crippen LogP contribution in [0.4, 0.5) is 13.6 Å². The number of rotatable bonds is 3. The summed E-state index contributed by atoms with van der Waals surface area (Å²) in [7, 11) is 0. The minimum Gasteiger partial charge on any atom is -0.444 e. The summed E-state index contributed by atoms with van der Waals surface area (Å²) in [4.78, 5) is 18.0. The van der Waals surface area contributed by atoms with E-state index in [2.05, 4.69) is 4.98 Å². The van der Waals surface area contributed by atoms with Crippen molar-refractivity contribution in [2.45, 2.75) is 32.8 Å². The van der Waals surface area contributed by atoms with Gasteiger partial charge >= 0.3 is 6.09 Å². The fourth-order valence-corrected chi connectivity index (χ4v) is 2.78. The molecule has 2 aromatic rings. The molecule has 0 radical (unpaired) electrons. The maximum atomic E-state index is 13.9. The molecule has 1 aliphatic rings. The number of hydrogen-bond donors (Lipinski definition) is 0. The molecule has 1 aromatic carbocycles. The Hall–Kier alpha value is -2.96. The molecule has 0 saturated heterocycles. The quantitative estimate of drug-likeness (QED) is 0.727. The number of nitrogens with zero attached hydrogens (tertiary/aromatic N) is 2. The molecule has 3 rings (SSSR count). The van der Waals surface area contributed by atoms with Gasteiger partial charge in [-0.15, -0.1) is 0 Å². The molecular weight excluding hydrogens is 366 g/mol. The minimum atomic E-state index is -0.674. The maximum Gasteiger partial charge on any atom is 0.410 e. The normalized spacial score (nSPS) is 14.5. The summed E-state index contributed by atoms with van der Waals surface area (Å²) in [6.07, 6.45) is 3.60. The molecule has 28 heavy (non-hydrogen) atoms. The van der Waals surface area contributed by atoms with E-state index in [1.165, 1.54) is 6.20 Å². The number of hydrogen-bond acceptors (Lipinski definition) is 4. The van der Waals surface area contributed by atoms with Crippen LogP contribution in [-0.2, 0) is 4.74 Å². The van der Waals surface area contributed by atoms with E-state index >= 15 is 0 Å². The third-order valence-electron chi connectivity index (χ3n) is 4.08.